The highest BCUT2D eigenvalue weighted by Gasteiger charge is 2.39. The van der Waals surface area contributed by atoms with E-state index >= 15 is 0 Å². The third-order valence-corrected chi connectivity index (χ3v) is 4.54. The minimum Gasteiger partial charge on any atom is -0.289 e. The number of carbonyl (C=O) groups is 1. The third-order valence-electron chi connectivity index (χ3n) is 4.54. The number of ketones is 1. The molecule has 0 bridgehead atoms. The van der Waals surface area contributed by atoms with E-state index in [2.05, 4.69) is 32.9 Å². The van der Waals surface area contributed by atoms with Crippen LogP contribution in [0.15, 0.2) is 42.5 Å². The van der Waals surface area contributed by atoms with Gasteiger partial charge in [0.05, 0.1) is 0 Å². The molecule has 19 heavy (non-hydrogen) atoms. The Hall–Kier alpha value is -1.89. The summed E-state index contributed by atoms with van der Waals surface area (Å²) < 4.78 is 0. The van der Waals surface area contributed by atoms with E-state index in [-0.39, 0.29) is 11.2 Å². The summed E-state index contributed by atoms with van der Waals surface area (Å²) in [5.41, 5.74) is 5.27. The van der Waals surface area contributed by atoms with Crippen LogP contribution in [0.2, 0.25) is 0 Å². The van der Waals surface area contributed by atoms with Gasteiger partial charge >= 0.3 is 0 Å². The van der Waals surface area contributed by atoms with E-state index < -0.39 is 0 Å². The molecule has 0 heterocycles. The SMILES string of the molecule is CCC1(C)c2ccccc2C(=O)c2cccc(C)c21. The van der Waals surface area contributed by atoms with Gasteiger partial charge in [-0.15, -0.1) is 0 Å². The van der Waals surface area contributed by atoms with E-state index in [9.17, 15) is 4.79 Å². The molecule has 2 aromatic carbocycles. The molecule has 1 aliphatic carbocycles. The molecule has 2 aromatic rings. The number of rotatable bonds is 1. The molecule has 1 nitrogen and oxygen atoms in total. The topological polar surface area (TPSA) is 17.1 Å². The fourth-order valence-electron chi connectivity index (χ4n) is 3.40. The Labute approximate surface area is 114 Å². The molecule has 0 radical (unpaired) electrons. The molecule has 0 saturated heterocycles. The molecular formula is C18H18O. The molecule has 0 saturated carbocycles. The van der Waals surface area contributed by atoms with Crippen LogP contribution in [0, 0.1) is 6.92 Å². The predicted octanol–water partition coefficient (Wildman–Crippen LogP) is 4.26. The summed E-state index contributed by atoms with van der Waals surface area (Å²) >= 11 is 0. The largest absolute Gasteiger partial charge is 0.289 e. The Balaban J connectivity index is 2.42. The van der Waals surface area contributed by atoms with Crippen LogP contribution in [-0.4, -0.2) is 5.78 Å². The van der Waals surface area contributed by atoms with Crippen molar-refractivity contribution in [1.29, 1.82) is 0 Å². The number of benzene rings is 2. The van der Waals surface area contributed by atoms with Gasteiger partial charge in [-0.25, -0.2) is 0 Å². The van der Waals surface area contributed by atoms with Gasteiger partial charge in [-0.3, -0.25) is 4.79 Å². The van der Waals surface area contributed by atoms with Crippen molar-refractivity contribution in [2.24, 2.45) is 0 Å². The lowest BCUT2D eigenvalue weighted by Gasteiger charge is -2.38. The van der Waals surface area contributed by atoms with Crippen molar-refractivity contribution in [3.63, 3.8) is 0 Å². The van der Waals surface area contributed by atoms with E-state index in [1.54, 1.807) is 0 Å². The lowest BCUT2D eigenvalue weighted by atomic mass is 9.65. The van der Waals surface area contributed by atoms with Crippen LogP contribution in [0.25, 0.3) is 0 Å². The van der Waals surface area contributed by atoms with Crippen LogP contribution in [0.4, 0.5) is 0 Å². The summed E-state index contributed by atoms with van der Waals surface area (Å²) in [6.07, 6.45) is 0.995. The van der Waals surface area contributed by atoms with Crippen LogP contribution >= 0.6 is 0 Å². The van der Waals surface area contributed by atoms with Crippen molar-refractivity contribution in [2.75, 3.05) is 0 Å². The van der Waals surface area contributed by atoms with Gasteiger partial charge in [-0.2, -0.15) is 0 Å². The average molecular weight is 250 g/mol. The van der Waals surface area contributed by atoms with Crippen molar-refractivity contribution >= 4 is 5.78 Å². The first-order chi connectivity index (χ1) is 9.09. The molecule has 0 aliphatic heterocycles. The van der Waals surface area contributed by atoms with Crippen molar-refractivity contribution in [3.8, 4) is 0 Å². The molecule has 0 fully saturated rings. The molecule has 0 spiro atoms. The van der Waals surface area contributed by atoms with E-state index in [4.69, 9.17) is 0 Å². The number of fused-ring (bicyclic) bond motifs is 2. The molecule has 0 N–H and O–H groups in total. The van der Waals surface area contributed by atoms with Gasteiger partial charge in [0.25, 0.3) is 0 Å². The Morgan fingerprint density at radius 2 is 1.68 bits per heavy atom. The van der Waals surface area contributed by atoms with Crippen LogP contribution in [0.5, 0.6) is 0 Å². The number of aryl methyl sites for hydroxylation is 1. The van der Waals surface area contributed by atoms with Crippen LogP contribution in [0.1, 0.15) is 52.9 Å². The highest BCUT2D eigenvalue weighted by Crippen LogP contribution is 2.44. The van der Waals surface area contributed by atoms with E-state index in [1.165, 1.54) is 16.7 Å². The maximum Gasteiger partial charge on any atom is 0.193 e. The summed E-state index contributed by atoms with van der Waals surface area (Å²) in [5.74, 6) is 0.167. The quantitative estimate of drug-likeness (QED) is 0.739. The first-order valence-electron chi connectivity index (χ1n) is 6.84. The number of hydrogen-bond donors (Lipinski definition) is 0. The zero-order chi connectivity index (χ0) is 13.6. The van der Waals surface area contributed by atoms with Crippen molar-refractivity contribution < 1.29 is 4.79 Å². The predicted molar refractivity (Wildman–Crippen MR) is 77.8 cm³/mol. The zero-order valence-corrected chi connectivity index (χ0v) is 11.7. The monoisotopic (exact) mass is 250 g/mol. The Morgan fingerprint density at radius 3 is 2.42 bits per heavy atom. The molecular weight excluding hydrogens is 232 g/mol. The Bertz CT molecular complexity index is 669. The second-order valence-electron chi connectivity index (χ2n) is 5.56. The van der Waals surface area contributed by atoms with Crippen molar-refractivity contribution in [1.82, 2.24) is 0 Å². The van der Waals surface area contributed by atoms with Gasteiger partial charge < -0.3 is 0 Å². The normalized spacial score (nSPS) is 20.9. The number of carbonyl (C=O) groups excluding carboxylic acids is 1. The maximum absolute atomic E-state index is 12.7. The summed E-state index contributed by atoms with van der Waals surface area (Å²) in [4.78, 5) is 12.7. The summed E-state index contributed by atoms with van der Waals surface area (Å²) in [7, 11) is 0. The lowest BCUT2D eigenvalue weighted by molar-refractivity contribution is 0.103. The van der Waals surface area contributed by atoms with E-state index in [0.717, 1.165) is 17.5 Å². The summed E-state index contributed by atoms with van der Waals surface area (Å²) in [6, 6.07) is 14.1. The molecule has 3 rings (SSSR count). The fourth-order valence-corrected chi connectivity index (χ4v) is 3.40. The van der Waals surface area contributed by atoms with E-state index in [0.29, 0.717) is 0 Å². The van der Waals surface area contributed by atoms with Crippen molar-refractivity contribution in [2.45, 2.75) is 32.6 Å². The molecule has 1 heteroatoms. The fraction of sp³-hybridized carbons (Fsp3) is 0.278. The van der Waals surface area contributed by atoms with Gasteiger partial charge in [0.2, 0.25) is 0 Å². The highest BCUT2D eigenvalue weighted by atomic mass is 16.1. The molecule has 1 unspecified atom stereocenters. The Morgan fingerprint density at radius 1 is 1.00 bits per heavy atom. The van der Waals surface area contributed by atoms with Gasteiger partial charge in [-0.1, -0.05) is 56.3 Å². The Kier molecular flexibility index (Phi) is 2.60. The van der Waals surface area contributed by atoms with Crippen molar-refractivity contribution in [3.05, 3.63) is 70.3 Å². The summed E-state index contributed by atoms with van der Waals surface area (Å²) in [6.45, 7) is 6.56. The molecule has 1 aliphatic rings. The van der Waals surface area contributed by atoms with Gasteiger partial charge in [0.1, 0.15) is 0 Å². The summed E-state index contributed by atoms with van der Waals surface area (Å²) in [5, 5.41) is 0. The second-order valence-corrected chi connectivity index (χ2v) is 5.56. The zero-order valence-electron chi connectivity index (χ0n) is 11.7. The maximum atomic E-state index is 12.7. The first kappa shape index (κ1) is 12.2. The smallest absolute Gasteiger partial charge is 0.193 e. The number of hydrogen-bond acceptors (Lipinski definition) is 1. The van der Waals surface area contributed by atoms with Crippen LogP contribution in [-0.2, 0) is 5.41 Å². The van der Waals surface area contributed by atoms with Gasteiger partial charge in [0.15, 0.2) is 5.78 Å². The first-order valence-corrected chi connectivity index (χ1v) is 6.84. The molecule has 0 amide bonds. The van der Waals surface area contributed by atoms with Crippen LogP contribution in [0.3, 0.4) is 0 Å². The highest BCUT2D eigenvalue weighted by molar-refractivity contribution is 6.13. The second kappa shape index (κ2) is 4.06. The van der Waals surface area contributed by atoms with Crippen LogP contribution < -0.4 is 0 Å². The molecule has 96 valence electrons. The van der Waals surface area contributed by atoms with E-state index in [1.807, 2.05) is 30.3 Å². The average Bonchev–Trinajstić information content (AvgIpc) is 2.44. The molecule has 1 atom stereocenters. The van der Waals surface area contributed by atoms with Gasteiger partial charge in [0, 0.05) is 16.5 Å². The third kappa shape index (κ3) is 1.51. The lowest BCUT2D eigenvalue weighted by Crippen LogP contribution is -2.33. The standard InChI is InChI=1S/C18H18O/c1-4-18(3)15-11-6-5-9-13(15)17(19)14-10-7-8-12(2)16(14)18/h5-11H,4H2,1-3H3. The minimum atomic E-state index is -0.0643. The van der Waals surface area contributed by atoms with Gasteiger partial charge in [-0.05, 0) is 30.0 Å². The molecule has 0 aromatic heterocycles. The minimum absolute atomic E-state index is 0.0643.